The molecule has 5 atom stereocenters. The van der Waals surface area contributed by atoms with Crippen molar-refractivity contribution in [3.8, 4) is 0 Å². The maximum Gasteiger partial charge on any atom is 0.241 e. The molecule has 1 aromatic heterocycles. The van der Waals surface area contributed by atoms with Crippen molar-refractivity contribution >= 4 is 0 Å². The van der Waals surface area contributed by atoms with Crippen LogP contribution < -0.4 is 0 Å². The summed E-state index contributed by atoms with van der Waals surface area (Å²) in [6, 6.07) is 0. The van der Waals surface area contributed by atoms with Gasteiger partial charge >= 0.3 is 0 Å². The van der Waals surface area contributed by atoms with Crippen LogP contribution in [0.15, 0.2) is 12.4 Å². The SMILES string of the molecule is C[C@H](O)[C@H](OCCO)C(O)(OCCO)c1cnc(C[C@H](O)[C@H](CO)OCCO)cn1. The highest BCUT2D eigenvalue weighted by Gasteiger charge is 2.45. The molecule has 0 spiro atoms. The fourth-order valence-electron chi connectivity index (χ4n) is 2.74. The molecule has 1 unspecified atom stereocenters. The van der Waals surface area contributed by atoms with Crippen LogP contribution in [-0.4, -0.2) is 116 Å². The number of ether oxygens (including phenoxy) is 3. The third kappa shape index (κ3) is 7.74. The number of nitrogens with zero attached hydrogens (tertiary/aromatic N) is 2. The predicted molar refractivity (Wildman–Crippen MR) is 101 cm³/mol. The predicted octanol–water partition coefficient (Wildman–Crippen LogP) is -3.34. The molecule has 7 N–H and O–H groups in total. The van der Waals surface area contributed by atoms with Crippen molar-refractivity contribution in [1.29, 1.82) is 0 Å². The van der Waals surface area contributed by atoms with E-state index in [4.69, 9.17) is 29.5 Å². The first-order valence-electron chi connectivity index (χ1n) is 9.54. The second-order valence-corrected chi connectivity index (χ2v) is 6.50. The Labute approximate surface area is 174 Å². The van der Waals surface area contributed by atoms with E-state index in [0.29, 0.717) is 5.69 Å². The Morgan fingerprint density at radius 3 is 2.07 bits per heavy atom. The average Bonchev–Trinajstić information content (AvgIpc) is 2.73. The number of hydrogen-bond donors (Lipinski definition) is 7. The number of rotatable bonds is 16. The Morgan fingerprint density at radius 1 is 0.933 bits per heavy atom. The lowest BCUT2D eigenvalue weighted by atomic mass is 10.0. The van der Waals surface area contributed by atoms with Gasteiger partial charge in [-0.1, -0.05) is 0 Å². The van der Waals surface area contributed by atoms with Crippen molar-refractivity contribution < 1.29 is 50.0 Å². The number of aliphatic hydroxyl groups is 7. The highest BCUT2D eigenvalue weighted by atomic mass is 16.7. The third-order valence-electron chi connectivity index (χ3n) is 4.15. The van der Waals surface area contributed by atoms with Gasteiger partial charge in [-0.15, -0.1) is 0 Å². The van der Waals surface area contributed by atoms with Crippen molar-refractivity contribution in [1.82, 2.24) is 9.97 Å². The Bertz CT molecular complexity index is 577. The van der Waals surface area contributed by atoms with Gasteiger partial charge in [0.1, 0.15) is 17.9 Å². The van der Waals surface area contributed by atoms with Crippen molar-refractivity contribution in [3.63, 3.8) is 0 Å². The van der Waals surface area contributed by atoms with E-state index >= 15 is 0 Å². The highest BCUT2D eigenvalue weighted by Crippen LogP contribution is 2.29. The lowest BCUT2D eigenvalue weighted by molar-refractivity contribution is -0.298. The summed E-state index contributed by atoms with van der Waals surface area (Å²) in [5.74, 6) is -2.27. The van der Waals surface area contributed by atoms with Gasteiger partial charge in [-0.25, -0.2) is 0 Å². The van der Waals surface area contributed by atoms with Crippen LogP contribution in [0.25, 0.3) is 0 Å². The maximum absolute atomic E-state index is 11.0. The van der Waals surface area contributed by atoms with E-state index in [9.17, 15) is 20.4 Å². The van der Waals surface area contributed by atoms with E-state index < -0.39 is 43.4 Å². The fourth-order valence-corrected chi connectivity index (χ4v) is 2.74. The zero-order valence-corrected chi connectivity index (χ0v) is 16.9. The molecule has 1 aromatic rings. The lowest BCUT2D eigenvalue weighted by Crippen LogP contribution is -2.50. The number of aromatic nitrogens is 2. The van der Waals surface area contributed by atoms with Gasteiger partial charge < -0.3 is 50.0 Å². The largest absolute Gasteiger partial charge is 0.394 e. The summed E-state index contributed by atoms with van der Waals surface area (Å²) in [5.41, 5.74) is 0.194. The van der Waals surface area contributed by atoms with Gasteiger partial charge in [-0.05, 0) is 6.92 Å². The molecule has 12 heteroatoms. The summed E-state index contributed by atoms with van der Waals surface area (Å²) in [7, 11) is 0. The van der Waals surface area contributed by atoms with Crippen molar-refractivity contribution in [2.75, 3.05) is 46.2 Å². The molecule has 12 nitrogen and oxygen atoms in total. The van der Waals surface area contributed by atoms with E-state index in [-0.39, 0.29) is 45.1 Å². The summed E-state index contributed by atoms with van der Waals surface area (Å²) < 4.78 is 15.8. The number of hydrogen-bond acceptors (Lipinski definition) is 12. The van der Waals surface area contributed by atoms with Crippen LogP contribution >= 0.6 is 0 Å². The van der Waals surface area contributed by atoms with Gasteiger partial charge in [-0.3, -0.25) is 9.97 Å². The first-order valence-corrected chi connectivity index (χ1v) is 9.54. The molecule has 0 aliphatic heterocycles. The van der Waals surface area contributed by atoms with Crippen LogP contribution in [0.5, 0.6) is 0 Å². The second kappa shape index (κ2) is 13.9. The minimum atomic E-state index is -2.27. The zero-order chi connectivity index (χ0) is 22.6. The molecule has 0 aliphatic carbocycles. The van der Waals surface area contributed by atoms with Gasteiger partial charge in [0, 0.05) is 12.6 Å². The average molecular weight is 436 g/mol. The van der Waals surface area contributed by atoms with Crippen molar-refractivity contribution in [2.45, 2.75) is 43.5 Å². The monoisotopic (exact) mass is 436 g/mol. The van der Waals surface area contributed by atoms with Gasteiger partial charge in [0.2, 0.25) is 5.79 Å². The van der Waals surface area contributed by atoms with Gasteiger partial charge in [0.05, 0.1) is 70.3 Å². The minimum absolute atomic E-state index is 0.0271. The fraction of sp³-hybridized carbons (Fsp3) is 0.778. The van der Waals surface area contributed by atoms with E-state index in [1.807, 2.05) is 0 Å². The summed E-state index contributed by atoms with van der Waals surface area (Å²) in [6.45, 7) is -0.646. The molecule has 1 rings (SSSR count). The molecular formula is C18H32N2O10. The Morgan fingerprint density at radius 2 is 1.57 bits per heavy atom. The molecule has 0 saturated carbocycles. The molecule has 174 valence electrons. The molecule has 0 radical (unpaired) electrons. The van der Waals surface area contributed by atoms with Crippen LogP contribution in [0.3, 0.4) is 0 Å². The van der Waals surface area contributed by atoms with Crippen molar-refractivity contribution in [3.05, 3.63) is 23.8 Å². The van der Waals surface area contributed by atoms with Crippen LogP contribution in [-0.2, 0) is 26.4 Å². The molecule has 1 heterocycles. The first-order chi connectivity index (χ1) is 14.3. The normalized spacial score (nSPS) is 17.9. The summed E-state index contributed by atoms with van der Waals surface area (Å²) >= 11 is 0. The lowest BCUT2D eigenvalue weighted by Gasteiger charge is -2.36. The molecule has 0 bridgehead atoms. The summed E-state index contributed by atoms with van der Waals surface area (Å²) in [4.78, 5) is 8.20. The van der Waals surface area contributed by atoms with Crippen LogP contribution in [0.2, 0.25) is 0 Å². The van der Waals surface area contributed by atoms with E-state index in [0.717, 1.165) is 0 Å². The molecule has 0 aliphatic rings. The number of aliphatic hydroxyl groups excluding tert-OH is 6. The van der Waals surface area contributed by atoms with Gasteiger partial charge in [-0.2, -0.15) is 0 Å². The van der Waals surface area contributed by atoms with E-state index in [1.54, 1.807) is 0 Å². The minimum Gasteiger partial charge on any atom is -0.394 e. The van der Waals surface area contributed by atoms with Crippen LogP contribution in [0, 0.1) is 0 Å². The molecule has 0 fully saturated rings. The molecule has 30 heavy (non-hydrogen) atoms. The van der Waals surface area contributed by atoms with Crippen LogP contribution in [0.4, 0.5) is 0 Å². The third-order valence-corrected chi connectivity index (χ3v) is 4.15. The van der Waals surface area contributed by atoms with Gasteiger partial charge in [0.25, 0.3) is 0 Å². The quantitative estimate of drug-likeness (QED) is 0.127. The Kier molecular flexibility index (Phi) is 12.4. The summed E-state index contributed by atoms with van der Waals surface area (Å²) in [6.07, 6.45) is -2.21. The second-order valence-electron chi connectivity index (χ2n) is 6.50. The first kappa shape index (κ1) is 26.7. The smallest absolute Gasteiger partial charge is 0.241 e. The van der Waals surface area contributed by atoms with E-state index in [2.05, 4.69) is 9.97 Å². The van der Waals surface area contributed by atoms with E-state index in [1.165, 1.54) is 19.3 Å². The van der Waals surface area contributed by atoms with Crippen LogP contribution in [0.1, 0.15) is 18.3 Å². The molecular weight excluding hydrogens is 404 g/mol. The summed E-state index contributed by atoms with van der Waals surface area (Å²) in [5, 5.41) is 67.4. The zero-order valence-electron chi connectivity index (χ0n) is 16.9. The molecule has 0 saturated heterocycles. The van der Waals surface area contributed by atoms with Crippen molar-refractivity contribution in [2.24, 2.45) is 0 Å². The standard InChI is InChI=1S/C18H32N2O10/c1-12(25)17(29-6-3-22)18(27,30-7-4-23)16-10-19-13(9-20-16)8-14(26)15(11-24)28-5-2-21/h9-10,12,14-15,17,21-27H,2-8,11H2,1H3/t12-,14-,15-,17-,18?/m0/s1. The highest BCUT2D eigenvalue weighted by molar-refractivity contribution is 5.12. The maximum atomic E-state index is 11.0. The Balaban J connectivity index is 3.02. The van der Waals surface area contributed by atoms with Gasteiger partial charge in [0.15, 0.2) is 0 Å². The Hall–Kier alpha value is -1.32. The molecule has 0 amide bonds. The molecule has 0 aromatic carbocycles. The topological polar surface area (TPSA) is 195 Å².